The molecule has 0 atom stereocenters. The van der Waals surface area contributed by atoms with Crippen molar-refractivity contribution < 1.29 is 5.11 Å². The maximum Gasteiger partial charge on any atom is 0.121 e. The number of aromatic hydroxyl groups is 1. The number of benzene rings is 1. The average molecular weight is 240 g/mol. The molecule has 16 heavy (non-hydrogen) atoms. The molecular weight excluding hydrogens is 222 g/mol. The van der Waals surface area contributed by atoms with Crippen molar-refractivity contribution in [2.24, 2.45) is 5.92 Å². The van der Waals surface area contributed by atoms with Crippen LogP contribution in [0.5, 0.6) is 5.75 Å². The van der Waals surface area contributed by atoms with E-state index >= 15 is 0 Å². The summed E-state index contributed by atoms with van der Waals surface area (Å²) in [6.07, 6.45) is 5.40. The molecule has 1 fully saturated rings. The van der Waals surface area contributed by atoms with Gasteiger partial charge < -0.3 is 10.4 Å². The Morgan fingerprint density at radius 3 is 2.75 bits per heavy atom. The largest absolute Gasteiger partial charge is 0.508 e. The zero-order chi connectivity index (χ0) is 11.4. The van der Waals surface area contributed by atoms with Crippen molar-refractivity contribution in [2.45, 2.75) is 32.2 Å². The fourth-order valence-corrected chi connectivity index (χ4v) is 2.57. The Morgan fingerprint density at radius 1 is 1.31 bits per heavy atom. The number of halogens is 1. The average Bonchev–Trinajstić information content (AvgIpc) is 2.75. The molecule has 1 aromatic carbocycles. The molecule has 1 aliphatic rings. The molecule has 2 nitrogen and oxygen atoms in total. The number of phenolic OH excluding ortho intramolecular Hbond substituents is 1. The van der Waals surface area contributed by atoms with Gasteiger partial charge in [-0.1, -0.05) is 30.5 Å². The van der Waals surface area contributed by atoms with Gasteiger partial charge in [0.2, 0.25) is 0 Å². The summed E-state index contributed by atoms with van der Waals surface area (Å²) >= 11 is 6.02. The van der Waals surface area contributed by atoms with Crippen molar-refractivity contribution in [2.75, 3.05) is 6.54 Å². The molecule has 2 rings (SSSR count). The van der Waals surface area contributed by atoms with Crippen molar-refractivity contribution >= 4 is 11.6 Å². The van der Waals surface area contributed by atoms with E-state index in [9.17, 15) is 5.11 Å². The number of phenols is 1. The molecule has 1 aromatic rings. The van der Waals surface area contributed by atoms with Crippen molar-refractivity contribution in [1.82, 2.24) is 5.32 Å². The SMILES string of the molecule is Oc1cccc(Cl)c1CNCC1CCCC1. The van der Waals surface area contributed by atoms with Gasteiger partial charge in [0.25, 0.3) is 0 Å². The Balaban J connectivity index is 1.84. The second-order valence-corrected chi connectivity index (χ2v) is 4.93. The van der Waals surface area contributed by atoms with Gasteiger partial charge in [-0.05, 0) is 37.4 Å². The van der Waals surface area contributed by atoms with Gasteiger partial charge in [0, 0.05) is 17.1 Å². The zero-order valence-corrected chi connectivity index (χ0v) is 10.1. The Bertz CT molecular complexity index is 328. The third-order valence-corrected chi connectivity index (χ3v) is 3.66. The molecule has 0 radical (unpaired) electrons. The molecule has 0 spiro atoms. The van der Waals surface area contributed by atoms with Crippen LogP contribution in [0.3, 0.4) is 0 Å². The summed E-state index contributed by atoms with van der Waals surface area (Å²) < 4.78 is 0. The fraction of sp³-hybridized carbons (Fsp3) is 0.538. The second kappa shape index (κ2) is 5.55. The molecule has 0 saturated heterocycles. The van der Waals surface area contributed by atoms with Crippen LogP contribution in [0.1, 0.15) is 31.2 Å². The molecule has 0 bridgehead atoms. The van der Waals surface area contributed by atoms with Gasteiger partial charge in [0.05, 0.1) is 0 Å². The lowest BCUT2D eigenvalue weighted by molar-refractivity contribution is 0.454. The lowest BCUT2D eigenvalue weighted by Gasteiger charge is -2.12. The van der Waals surface area contributed by atoms with E-state index in [0.29, 0.717) is 11.6 Å². The van der Waals surface area contributed by atoms with Crippen molar-refractivity contribution in [3.05, 3.63) is 28.8 Å². The van der Waals surface area contributed by atoms with Gasteiger partial charge in [0.15, 0.2) is 0 Å². The quantitative estimate of drug-likeness (QED) is 0.845. The summed E-state index contributed by atoms with van der Waals surface area (Å²) in [5.41, 5.74) is 0.808. The minimum absolute atomic E-state index is 0.284. The predicted octanol–water partition coefficient (Wildman–Crippen LogP) is 3.33. The molecule has 1 aliphatic carbocycles. The Kier molecular flexibility index (Phi) is 4.08. The molecule has 3 heteroatoms. The molecular formula is C13H18ClNO. The van der Waals surface area contributed by atoms with Crippen LogP contribution in [-0.4, -0.2) is 11.7 Å². The Morgan fingerprint density at radius 2 is 2.06 bits per heavy atom. The van der Waals surface area contributed by atoms with Gasteiger partial charge in [-0.3, -0.25) is 0 Å². The number of hydrogen-bond donors (Lipinski definition) is 2. The fourth-order valence-electron chi connectivity index (χ4n) is 2.34. The van der Waals surface area contributed by atoms with Crippen LogP contribution < -0.4 is 5.32 Å². The first-order valence-electron chi connectivity index (χ1n) is 5.94. The standard InChI is InChI=1S/C13H18ClNO/c14-12-6-3-7-13(16)11(12)9-15-8-10-4-1-2-5-10/h3,6-7,10,15-16H,1-2,4-5,8-9H2. The van der Waals surface area contributed by atoms with E-state index in [0.717, 1.165) is 18.0 Å². The van der Waals surface area contributed by atoms with E-state index in [1.54, 1.807) is 12.1 Å². The van der Waals surface area contributed by atoms with Crippen LogP contribution >= 0.6 is 11.6 Å². The molecule has 88 valence electrons. The number of nitrogens with one attached hydrogen (secondary N) is 1. The first-order valence-corrected chi connectivity index (χ1v) is 6.32. The minimum atomic E-state index is 0.284. The summed E-state index contributed by atoms with van der Waals surface area (Å²) in [6.45, 7) is 1.69. The first kappa shape index (κ1) is 11.7. The van der Waals surface area contributed by atoms with Gasteiger partial charge in [-0.15, -0.1) is 0 Å². The Labute approximate surface area is 102 Å². The maximum atomic E-state index is 9.66. The lowest BCUT2D eigenvalue weighted by atomic mass is 10.1. The highest BCUT2D eigenvalue weighted by Crippen LogP contribution is 2.26. The van der Waals surface area contributed by atoms with E-state index in [1.807, 2.05) is 6.07 Å². The van der Waals surface area contributed by atoms with Crippen LogP contribution in [0.2, 0.25) is 5.02 Å². The molecule has 0 unspecified atom stereocenters. The van der Waals surface area contributed by atoms with Gasteiger partial charge in [0.1, 0.15) is 5.75 Å². The minimum Gasteiger partial charge on any atom is -0.508 e. The molecule has 0 aliphatic heterocycles. The highest BCUT2D eigenvalue weighted by Gasteiger charge is 2.14. The van der Waals surface area contributed by atoms with E-state index < -0.39 is 0 Å². The molecule has 0 heterocycles. The van der Waals surface area contributed by atoms with Crippen LogP contribution in [0.4, 0.5) is 0 Å². The van der Waals surface area contributed by atoms with Crippen LogP contribution in [0, 0.1) is 5.92 Å². The molecule has 0 aromatic heterocycles. The van der Waals surface area contributed by atoms with Crippen molar-refractivity contribution in [3.63, 3.8) is 0 Å². The highest BCUT2D eigenvalue weighted by atomic mass is 35.5. The summed E-state index contributed by atoms with van der Waals surface area (Å²) in [5.74, 6) is 1.09. The Hall–Kier alpha value is -0.730. The predicted molar refractivity (Wildman–Crippen MR) is 66.8 cm³/mol. The molecule has 1 saturated carbocycles. The third-order valence-electron chi connectivity index (χ3n) is 3.30. The van der Waals surface area contributed by atoms with Crippen molar-refractivity contribution in [1.29, 1.82) is 0 Å². The number of rotatable bonds is 4. The van der Waals surface area contributed by atoms with E-state index in [4.69, 9.17) is 11.6 Å². The summed E-state index contributed by atoms with van der Waals surface area (Å²) in [6, 6.07) is 5.25. The van der Waals surface area contributed by atoms with Crippen molar-refractivity contribution in [3.8, 4) is 5.75 Å². The van der Waals surface area contributed by atoms with E-state index in [1.165, 1.54) is 25.7 Å². The van der Waals surface area contributed by atoms with Gasteiger partial charge in [-0.25, -0.2) is 0 Å². The van der Waals surface area contributed by atoms with Crippen LogP contribution in [0.15, 0.2) is 18.2 Å². The summed E-state index contributed by atoms with van der Waals surface area (Å²) in [5, 5.41) is 13.7. The molecule has 2 N–H and O–H groups in total. The third kappa shape index (κ3) is 2.89. The molecule has 0 amide bonds. The maximum absolute atomic E-state index is 9.66. The number of hydrogen-bond acceptors (Lipinski definition) is 2. The van der Waals surface area contributed by atoms with Gasteiger partial charge >= 0.3 is 0 Å². The second-order valence-electron chi connectivity index (χ2n) is 4.52. The highest BCUT2D eigenvalue weighted by molar-refractivity contribution is 6.31. The summed E-state index contributed by atoms with van der Waals surface area (Å²) in [7, 11) is 0. The normalized spacial score (nSPS) is 16.8. The monoisotopic (exact) mass is 239 g/mol. The van der Waals surface area contributed by atoms with Gasteiger partial charge in [-0.2, -0.15) is 0 Å². The topological polar surface area (TPSA) is 32.3 Å². The summed E-state index contributed by atoms with van der Waals surface area (Å²) in [4.78, 5) is 0. The zero-order valence-electron chi connectivity index (χ0n) is 9.38. The van der Waals surface area contributed by atoms with Crippen LogP contribution in [0.25, 0.3) is 0 Å². The van der Waals surface area contributed by atoms with Crippen LogP contribution in [-0.2, 0) is 6.54 Å². The van der Waals surface area contributed by atoms with E-state index in [2.05, 4.69) is 5.32 Å². The first-order chi connectivity index (χ1) is 7.77. The van der Waals surface area contributed by atoms with E-state index in [-0.39, 0.29) is 5.75 Å². The smallest absolute Gasteiger partial charge is 0.121 e. The lowest BCUT2D eigenvalue weighted by Crippen LogP contribution is -2.20.